The van der Waals surface area contributed by atoms with Gasteiger partial charge in [-0.1, -0.05) is 103 Å². The van der Waals surface area contributed by atoms with E-state index >= 15 is 0 Å². The first-order valence-electron chi connectivity index (χ1n) is 12.9. The van der Waals surface area contributed by atoms with Crippen molar-refractivity contribution in [1.29, 1.82) is 0 Å². The van der Waals surface area contributed by atoms with Crippen molar-refractivity contribution >= 4 is 5.97 Å². The molecule has 0 aromatic rings. The molecule has 0 aromatic heterocycles. The Hall–Kier alpha value is -0.690. The largest absolute Gasteiger partial charge is 0.464 e. The standard InChI is InChI=1S/C21H42O3.C4H11NO2/c1-3-4-5-6-7-8-9-10-11-12-13-14-15-16-17-18-19-24-21(23)20(2)22;6-3-1-5-2-4-7/h20,22H,3-19H2,1-2H3;5-7H,1-4H2. The highest BCUT2D eigenvalue weighted by Crippen LogP contribution is 2.13. The Labute approximate surface area is 192 Å². The van der Waals surface area contributed by atoms with Crippen LogP contribution in [0.5, 0.6) is 0 Å². The van der Waals surface area contributed by atoms with E-state index in [0.29, 0.717) is 19.7 Å². The lowest BCUT2D eigenvalue weighted by Crippen LogP contribution is -2.21. The Kier molecular flexibility index (Phi) is 30.7. The van der Waals surface area contributed by atoms with E-state index in [1.165, 1.54) is 96.8 Å². The van der Waals surface area contributed by atoms with Crippen molar-refractivity contribution in [2.75, 3.05) is 32.9 Å². The van der Waals surface area contributed by atoms with Crippen LogP contribution in [0, 0.1) is 0 Å². The average molecular weight is 448 g/mol. The van der Waals surface area contributed by atoms with Gasteiger partial charge < -0.3 is 25.4 Å². The number of aliphatic hydroxyl groups excluding tert-OH is 3. The fourth-order valence-corrected chi connectivity index (χ4v) is 3.23. The number of unbranched alkanes of at least 4 members (excludes halogenated alkanes) is 15. The molecule has 0 saturated heterocycles. The van der Waals surface area contributed by atoms with Gasteiger partial charge in [0.2, 0.25) is 0 Å². The Bertz CT molecular complexity index is 336. The van der Waals surface area contributed by atoms with Gasteiger partial charge in [0.1, 0.15) is 6.10 Å². The zero-order valence-corrected chi connectivity index (χ0v) is 20.6. The van der Waals surface area contributed by atoms with Crippen molar-refractivity contribution in [2.24, 2.45) is 0 Å². The van der Waals surface area contributed by atoms with Crippen molar-refractivity contribution < 1.29 is 24.9 Å². The molecule has 31 heavy (non-hydrogen) atoms. The van der Waals surface area contributed by atoms with E-state index in [-0.39, 0.29) is 13.2 Å². The summed E-state index contributed by atoms with van der Waals surface area (Å²) < 4.78 is 4.93. The molecule has 0 heterocycles. The molecule has 1 atom stereocenters. The quantitative estimate of drug-likeness (QED) is 0.141. The van der Waals surface area contributed by atoms with Crippen LogP contribution in [0.1, 0.15) is 117 Å². The summed E-state index contributed by atoms with van der Waals surface area (Å²) in [6.45, 7) is 5.58. The molecule has 188 valence electrons. The maximum atomic E-state index is 11.0. The summed E-state index contributed by atoms with van der Waals surface area (Å²) in [6.07, 6.45) is 20.4. The van der Waals surface area contributed by atoms with Gasteiger partial charge >= 0.3 is 5.97 Å². The molecule has 0 radical (unpaired) electrons. The van der Waals surface area contributed by atoms with E-state index in [0.717, 1.165) is 12.8 Å². The Balaban J connectivity index is 0. The van der Waals surface area contributed by atoms with Gasteiger partial charge in [0.15, 0.2) is 0 Å². The first-order valence-corrected chi connectivity index (χ1v) is 12.9. The molecule has 6 heteroatoms. The minimum atomic E-state index is -0.994. The van der Waals surface area contributed by atoms with Gasteiger partial charge in [-0.05, 0) is 13.3 Å². The summed E-state index contributed by atoms with van der Waals surface area (Å²) in [5, 5.41) is 28.1. The SMILES string of the molecule is CCCCCCCCCCCCCCCCCCOC(=O)C(C)O.OCCNCCO. The molecule has 0 saturated carbocycles. The highest BCUT2D eigenvalue weighted by molar-refractivity contribution is 5.73. The summed E-state index contributed by atoms with van der Waals surface area (Å²) >= 11 is 0. The van der Waals surface area contributed by atoms with Crippen LogP contribution in [-0.2, 0) is 9.53 Å². The molecule has 0 fully saturated rings. The molecule has 0 aliphatic rings. The lowest BCUT2D eigenvalue weighted by Gasteiger charge is -2.06. The third kappa shape index (κ3) is 31.6. The van der Waals surface area contributed by atoms with Crippen molar-refractivity contribution in [3.8, 4) is 0 Å². The van der Waals surface area contributed by atoms with Crippen molar-refractivity contribution in [2.45, 2.75) is 123 Å². The van der Waals surface area contributed by atoms with E-state index in [1.54, 1.807) is 0 Å². The Morgan fingerprint density at radius 3 is 1.39 bits per heavy atom. The van der Waals surface area contributed by atoms with Crippen LogP contribution in [0.3, 0.4) is 0 Å². The van der Waals surface area contributed by atoms with Crippen LogP contribution in [0.2, 0.25) is 0 Å². The second kappa shape index (κ2) is 29.3. The molecule has 0 aliphatic carbocycles. The minimum absolute atomic E-state index is 0.139. The predicted molar refractivity (Wildman–Crippen MR) is 129 cm³/mol. The number of carbonyl (C=O) groups is 1. The molecule has 0 aromatic carbocycles. The normalized spacial score (nSPS) is 11.6. The lowest BCUT2D eigenvalue weighted by atomic mass is 10.0. The van der Waals surface area contributed by atoms with Gasteiger partial charge in [0.25, 0.3) is 0 Å². The van der Waals surface area contributed by atoms with Gasteiger partial charge in [-0.15, -0.1) is 0 Å². The third-order valence-corrected chi connectivity index (χ3v) is 5.16. The summed E-state index contributed by atoms with van der Waals surface area (Å²) in [5.74, 6) is -0.504. The van der Waals surface area contributed by atoms with Crippen LogP contribution in [0.4, 0.5) is 0 Å². The Morgan fingerprint density at radius 2 is 1.06 bits per heavy atom. The van der Waals surface area contributed by atoms with Gasteiger partial charge in [-0.2, -0.15) is 0 Å². The molecule has 1 unspecified atom stereocenters. The number of carbonyl (C=O) groups excluding carboxylic acids is 1. The number of rotatable bonds is 22. The number of hydrogen-bond acceptors (Lipinski definition) is 6. The highest BCUT2D eigenvalue weighted by Gasteiger charge is 2.08. The molecular weight excluding hydrogens is 394 g/mol. The molecule has 0 amide bonds. The second-order valence-electron chi connectivity index (χ2n) is 8.34. The zero-order valence-electron chi connectivity index (χ0n) is 20.6. The van der Waals surface area contributed by atoms with Crippen LogP contribution in [0.25, 0.3) is 0 Å². The zero-order chi connectivity index (χ0) is 23.4. The van der Waals surface area contributed by atoms with Crippen molar-refractivity contribution in [3.63, 3.8) is 0 Å². The summed E-state index contributed by atoms with van der Waals surface area (Å²) in [6, 6.07) is 0. The van der Waals surface area contributed by atoms with Crippen LogP contribution in [-0.4, -0.2) is 60.3 Å². The maximum Gasteiger partial charge on any atom is 0.334 e. The third-order valence-electron chi connectivity index (χ3n) is 5.16. The number of hydrogen-bond donors (Lipinski definition) is 4. The average Bonchev–Trinajstić information content (AvgIpc) is 2.76. The lowest BCUT2D eigenvalue weighted by molar-refractivity contribution is -0.152. The number of ether oxygens (including phenoxy) is 1. The number of nitrogens with one attached hydrogen (secondary N) is 1. The maximum absolute atomic E-state index is 11.0. The molecule has 0 rings (SSSR count). The topological polar surface area (TPSA) is 99.0 Å². The first kappa shape index (κ1) is 32.5. The van der Waals surface area contributed by atoms with E-state index in [9.17, 15) is 4.79 Å². The highest BCUT2D eigenvalue weighted by atomic mass is 16.5. The monoisotopic (exact) mass is 447 g/mol. The first-order chi connectivity index (χ1) is 15.1. The molecule has 6 nitrogen and oxygen atoms in total. The summed E-state index contributed by atoms with van der Waals surface area (Å²) in [5.41, 5.74) is 0. The van der Waals surface area contributed by atoms with Gasteiger partial charge in [0.05, 0.1) is 19.8 Å². The molecule has 0 spiro atoms. The smallest absolute Gasteiger partial charge is 0.334 e. The molecule has 4 N–H and O–H groups in total. The minimum Gasteiger partial charge on any atom is -0.464 e. The molecule has 0 aliphatic heterocycles. The Morgan fingerprint density at radius 1 is 0.710 bits per heavy atom. The van der Waals surface area contributed by atoms with E-state index in [2.05, 4.69) is 12.2 Å². The summed E-state index contributed by atoms with van der Waals surface area (Å²) in [7, 11) is 0. The number of aliphatic hydroxyl groups is 3. The van der Waals surface area contributed by atoms with E-state index in [1.807, 2.05) is 0 Å². The fourth-order valence-electron chi connectivity index (χ4n) is 3.23. The van der Waals surface area contributed by atoms with Crippen LogP contribution in [0.15, 0.2) is 0 Å². The van der Waals surface area contributed by atoms with Gasteiger partial charge in [0, 0.05) is 13.1 Å². The fraction of sp³-hybridized carbons (Fsp3) is 0.960. The number of esters is 1. The second-order valence-corrected chi connectivity index (χ2v) is 8.34. The summed E-state index contributed by atoms with van der Waals surface area (Å²) in [4.78, 5) is 11.0. The van der Waals surface area contributed by atoms with Gasteiger partial charge in [-0.3, -0.25) is 0 Å². The van der Waals surface area contributed by atoms with Crippen molar-refractivity contribution in [1.82, 2.24) is 5.32 Å². The van der Waals surface area contributed by atoms with Gasteiger partial charge in [-0.25, -0.2) is 4.79 Å². The van der Waals surface area contributed by atoms with E-state index in [4.69, 9.17) is 20.1 Å². The molecule has 0 bridgehead atoms. The molecular formula is C25H53NO5. The van der Waals surface area contributed by atoms with E-state index < -0.39 is 12.1 Å². The van der Waals surface area contributed by atoms with Crippen LogP contribution < -0.4 is 5.32 Å². The predicted octanol–water partition coefficient (Wildman–Crippen LogP) is 4.73. The van der Waals surface area contributed by atoms with Crippen molar-refractivity contribution in [3.05, 3.63) is 0 Å². The van der Waals surface area contributed by atoms with Crippen LogP contribution >= 0.6 is 0 Å².